The Hall–Kier alpha value is -1.04. The van der Waals surface area contributed by atoms with Crippen molar-refractivity contribution < 1.29 is 0 Å². The summed E-state index contributed by atoms with van der Waals surface area (Å²) in [6.07, 6.45) is 19.0. The zero-order valence-electron chi connectivity index (χ0n) is 6.03. The molecule has 0 bridgehead atoms. The third kappa shape index (κ3) is 3.08. The second kappa shape index (κ2) is 4.80. The molecule has 0 unspecified atom stereocenters. The molecular weight excluding hydrogens is 120 g/mol. The van der Waals surface area contributed by atoms with Gasteiger partial charge < -0.3 is 0 Å². The van der Waals surface area contributed by atoms with E-state index >= 15 is 0 Å². The molecule has 0 nitrogen and oxygen atoms in total. The molecule has 1 aliphatic carbocycles. The van der Waals surface area contributed by atoms with Crippen molar-refractivity contribution >= 4 is 0 Å². The first kappa shape index (κ1) is 7.07. The Kier molecular flexibility index (Phi) is 3.40. The van der Waals surface area contributed by atoms with Crippen LogP contribution in [-0.2, 0) is 0 Å². The van der Waals surface area contributed by atoms with E-state index in [1.165, 1.54) is 0 Å². The minimum absolute atomic E-state index is 1.04. The maximum atomic E-state index is 2.14. The standard InChI is InChI=1S/C10H12/c1-2-4-6-8-10-9-7-5-3-1/h1-4,7-10H,5-6H2/b3-1-,4-2+,9-7?,10-8-. The van der Waals surface area contributed by atoms with Crippen molar-refractivity contribution in [1.82, 2.24) is 0 Å². The van der Waals surface area contributed by atoms with E-state index in [0.29, 0.717) is 0 Å². The molecule has 1 aliphatic rings. The highest BCUT2D eigenvalue weighted by Gasteiger charge is 1.72. The van der Waals surface area contributed by atoms with Crippen LogP contribution in [0.15, 0.2) is 48.6 Å². The number of hydrogen-bond donors (Lipinski definition) is 0. The molecule has 0 spiro atoms. The SMILES string of the molecule is C1=CC/C=C\C=C\C/C=C\1. The van der Waals surface area contributed by atoms with E-state index in [0.717, 1.165) is 12.8 Å². The third-order valence-corrected chi connectivity index (χ3v) is 1.31. The van der Waals surface area contributed by atoms with E-state index in [2.05, 4.69) is 48.6 Å². The van der Waals surface area contributed by atoms with Crippen molar-refractivity contribution in [1.29, 1.82) is 0 Å². The van der Waals surface area contributed by atoms with Crippen LogP contribution in [0.3, 0.4) is 0 Å². The van der Waals surface area contributed by atoms with Crippen LogP contribution in [0, 0.1) is 0 Å². The lowest BCUT2D eigenvalue weighted by atomic mass is 10.2. The number of allylic oxidation sites excluding steroid dienone is 8. The van der Waals surface area contributed by atoms with Crippen LogP contribution in [0.5, 0.6) is 0 Å². The van der Waals surface area contributed by atoms with Crippen molar-refractivity contribution in [3.8, 4) is 0 Å². The van der Waals surface area contributed by atoms with Gasteiger partial charge >= 0.3 is 0 Å². The lowest BCUT2D eigenvalue weighted by Crippen LogP contribution is -1.62. The molecule has 0 fully saturated rings. The largest absolute Gasteiger partial charge is 0.0808 e. The lowest BCUT2D eigenvalue weighted by Gasteiger charge is -1.83. The zero-order valence-corrected chi connectivity index (χ0v) is 6.03. The molecule has 52 valence electrons. The zero-order chi connectivity index (χ0) is 7.07. The molecule has 0 aromatic rings. The van der Waals surface area contributed by atoms with E-state index in [9.17, 15) is 0 Å². The predicted octanol–water partition coefficient (Wildman–Crippen LogP) is 3.01. The number of rotatable bonds is 0. The minimum atomic E-state index is 1.04. The maximum Gasteiger partial charge on any atom is -0.0163 e. The molecule has 0 aliphatic heterocycles. The van der Waals surface area contributed by atoms with E-state index in [4.69, 9.17) is 0 Å². The van der Waals surface area contributed by atoms with Gasteiger partial charge in [0.2, 0.25) is 0 Å². The fourth-order valence-electron chi connectivity index (χ4n) is 0.786. The summed E-state index contributed by atoms with van der Waals surface area (Å²) in [5.74, 6) is 0. The molecule has 1 rings (SSSR count). The van der Waals surface area contributed by atoms with Crippen LogP contribution in [-0.4, -0.2) is 0 Å². The second-order valence-electron chi connectivity index (χ2n) is 2.18. The molecule has 0 aromatic heterocycles. The van der Waals surface area contributed by atoms with Gasteiger partial charge in [-0.1, -0.05) is 48.6 Å². The minimum Gasteiger partial charge on any atom is -0.0808 e. The Morgan fingerprint density at radius 1 is 0.500 bits per heavy atom. The average Bonchev–Trinajstić information content (AvgIpc) is 2.01. The molecular formula is C10H12. The maximum absolute atomic E-state index is 2.14. The second-order valence-corrected chi connectivity index (χ2v) is 2.18. The summed E-state index contributed by atoms with van der Waals surface area (Å²) in [6.45, 7) is 0. The van der Waals surface area contributed by atoms with Crippen LogP contribution in [0.2, 0.25) is 0 Å². The first-order chi connectivity index (χ1) is 5.00. The summed E-state index contributed by atoms with van der Waals surface area (Å²) in [6, 6.07) is 0. The van der Waals surface area contributed by atoms with Gasteiger partial charge in [-0.3, -0.25) is 0 Å². The lowest BCUT2D eigenvalue weighted by molar-refractivity contribution is 1.35. The molecule has 0 saturated heterocycles. The summed E-state index contributed by atoms with van der Waals surface area (Å²) in [5.41, 5.74) is 0. The van der Waals surface area contributed by atoms with Gasteiger partial charge in [-0.15, -0.1) is 0 Å². The highest BCUT2D eigenvalue weighted by Crippen LogP contribution is 1.93. The molecule has 0 heterocycles. The van der Waals surface area contributed by atoms with Gasteiger partial charge in [0.1, 0.15) is 0 Å². The normalized spacial score (nSPS) is 27.2. The van der Waals surface area contributed by atoms with Gasteiger partial charge in [0.25, 0.3) is 0 Å². The quantitative estimate of drug-likeness (QED) is 0.475. The summed E-state index contributed by atoms with van der Waals surface area (Å²) in [5, 5.41) is 0. The van der Waals surface area contributed by atoms with Crippen molar-refractivity contribution in [2.75, 3.05) is 0 Å². The van der Waals surface area contributed by atoms with Crippen molar-refractivity contribution in [2.24, 2.45) is 0 Å². The summed E-state index contributed by atoms with van der Waals surface area (Å²) in [4.78, 5) is 0. The van der Waals surface area contributed by atoms with E-state index in [1.807, 2.05) is 0 Å². The first-order valence-corrected chi connectivity index (χ1v) is 3.63. The van der Waals surface area contributed by atoms with Gasteiger partial charge in [-0.25, -0.2) is 0 Å². The van der Waals surface area contributed by atoms with Crippen molar-refractivity contribution in [3.63, 3.8) is 0 Å². The molecule has 0 aromatic carbocycles. The van der Waals surface area contributed by atoms with Crippen molar-refractivity contribution in [3.05, 3.63) is 48.6 Å². The van der Waals surface area contributed by atoms with Crippen LogP contribution in [0.25, 0.3) is 0 Å². The molecule has 0 amide bonds. The van der Waals surface area contributed by atoms with Crippen molar-refractivity contribution in [2.45, 2.75) is 12.8 Å². The van der Waals surface area contributed by atoms with E-state index in [1.54, 1.807) is 0 Å². The van der Waals surface area contributed by atoms with Crippen LogP contribution < -0.4 is 0 Å². The highest BCUT2D eigenvalue weighted by molar-refractivity contribution is 5.12. The van der Waals surface area contributed by atoms with E-state index < -0.39 is 0 Å². The highest BCUT2D eigenvalue weighted by atomic mass is 13.8. The molecule has 0 radical (unpaired) electrons. The topological polar surface area (TPSA) is 0 Å². The first-order valence-electron chi connectivity index (χ1n) is 3.63. The third-order valence-electron chi connectivity index (χ3n) is 1.31. The van der Waals surface area contributed by atoms with E-state index in [-0.39, 0.29) is 0 Å². The van der Waals surface area contributed by atoms with Gasteiger partial charge in [-0.05, 0) is 12.8 Å². The smallest absolute Gasteiger partial charge is 0.0163 e. The van der Waals surface area contributed by atoms with Crippen LogP contribution >= 0.6 is 0 Å². The summed E-state index contributed by atoms with van der Waals surface area (Å²) < 4.78 is 0. The molecule has 10 heavy (non-hydrogen) atoms. The summed E-state index contributed by atoms with van der Waals surface area (Å²) >= 11 is 0. The molecule has 0 saturated carbocycles. The van der Waals surface area contributed by atoms with Gasteiger partial charge in [0.05, 0.1) is 0 Å². The van der Waals surface area contributed by atoms with Gasteiger partial charge in [-0.2, -0.15) is 0 Å². The number of hydrogen-bond acceptors (Lipinski definition) is 0. The Morgan fingerprint density at radius 3 is 1.10 bits per heavy atom. The fraction of sp³-hybridized carbons (Fsp3) is 0.200. The Bertz CT molecular complexity index is 138. The predicted molar refractivity (Wildman–Crippen MR) is 45.8 cm³/mol. The monoisotopic (exact) mass is 132 g/mol. The fourth-order valence-corrected chi connectivity index (χ4v) is 0.786. The van der Waals surface area contributed by atoms with Gasteiger partial charge in [0.15, 0.2) is 0 Å². The Labute approximate surface area is 62.3 Å². The Balaban J connectivity index is 2.50. The molecule has 0 heteroatoms. The summed E-state index contributed by atoms with van der Waals surface area (Å²) in [7, 11) is 0. The van der Waals surface area contributed by atoms with Gasteiger partial charge in [0, 0.05) is 0 Å². The van der Waals surface area contributed by atoms with Crippen LogP contribution in [0.1, 0.15) is 12.8 Å². The molecule has 0 N–H and O–H groups in total. The average molecular weight is 132 g/mol. The van der Waals surface area contributed by atoms with Crippen LogP contribution in [0.4, 0.5) is 0 Å². The Morgan fingerprint density at radius 2 is 0.800 bits per heavy atom. The molecule has 0 atom stereocenters.